The Morgan fingerprint density at radius 2 is 2.06 bits per heavy atom. The largest absolute Gasteiger partial charge is 0.496 e. The standard InChI is InChI=1S/C22H22F3N5O2/c1-12-14(4-3-5-18(12)32-2)21-15-9-26-27-17(15)10-29(21)20(31)11-30-19(22(23,24)25)8-16(28-30)13-6-7-13/h3-5,8-9,13,21H,6-7,10-11H2,1-2H3,(H,26,27)/t21-/m1/s1. The number of nitrogens with one attached hydrogen (secondary N) is 1. The Hall–Kier alpha value is -3.30. The van der Waals surface area contributed by atoms with Crippen molar-refractivity contribution in [3.8, 4) is 5.75 Å². The van der Waals surface area contributed by atoms with Crippen LogP contribution in [0.3, 0.4) is 0 Å². The summed E-state index contributed by atoms with van der Waals surface area (Å²) < 4.78 is 47.0. The molecule has 0 unspecified atom stereocenters. The van der Waals surface area contributed by atoms with Crippen LogP contribution in [0.4, 0.5) is 13.2 Å². The van der Waals surface area contributed by atoms with Crippen LogP contribution in [0, 0.1) is 6.92 Å². The molecule has 7 nitrogen and oxygen atoms in total. The minimum Gasteiger partial charge on any atom is -0.496 e. The molecular weight excluding hydrogens is 423 g/mol. The van der Waals surface area contributed by atoms with Crippen molar-refractivity contribution in [1.29, 1.82) is 0 Å². The lowest BCUT2D eigenvalue weighted by Gasteiger charge is -2.27. The second-order valence-corrected chi connectivity index (χ2v) is 8.29. The number of ether oxygens (including phenoxy) is 1. The molecule has 1 amide bonds. The van der Waals surface area contributed by atoms with Crippen LogP contribution in [0.25, 0.3) is 0 Å². The molecule has 2 aliphatic rings. The van der Waals surface area contributed by atoms with Crippen LogP contribution in [0.2, 0.25) is 0 Å². The molecule has 10 heteroatoms. The van der Waals surface area contributed by atoms with E-state index in [1.165, 1.54) is 0 Å². The van der Waals surface area contributed by atoms with Gasteiger partial charge in [0.15, 0.2) is 0 Å². The molecule has 3 aromatic rings. The number of hydrogen-bond donors (Lipinski definition) is 1. The van der Waals surface area contributed by atoms with Crippen LogP contribution in [-0.4, -0.2) is 37.9 Å². The quantitative estimate of drug-likeness (QED) is 0.645. The van der Waals surface area contributed by atoms with Gasteiger partial charge in [0.1, 0.15) is 18.0 Å². The highest BCUT2D eigenvalue weighted by atomic mass is 19.4. The van der Waals surface area contributed by atoms with E-state index in [0.29, 0.717) is 11.4 Å². The van der Waals surface area contributed by atoms with E-state index in [9.17, 15) is 18.0 Å². The maximum atomic E-state index is 13.6. The number of alkyl halides is 3. The predicted octanol–water partition coefficient (Wildman–Crippen LogP) is 3.95. The first-order valence-corrected chi connectivity index (χ1v) is 10.4. The molecular formula is C22H22F3N5O2. The topological polar surface area (TPSA) is 76.0 Å². The summed E-state index contributed by atoms with van der Waals surface area (Å²) >= 11 is 0. The van der Waals surface area contributed by atoms with Gasteiger partial charge in [0.05, 0.1) is 37.3 Å². The Kier molecular flexibility index (Phi) is 4.75. The van der Waals surface area contributed by atoms with E-state index in [2.05, 4.69) is 15.3 Å². The predicted molar refractivity (Wildman–Crippen MR) is 108 cm³/mol. The minimum absolute atomic E-state index is 0.0531. The van der Waals surface area contributed by atoms with Gasteiger partial charge in [0, 0.05) is 11.5 Å². The Bertz CT molecular complexity index is 1180. The van der Waals surface area contributed by atoms with Crippen molar-refractivity contribution in [2.45, 2.75) is 51.0 Å². The lowest BCUT2D eigenvalue weighted by molar-refractivity contribution is -0.146. The molecule has 1 aromatic carbocycles. The lowest BCUT2D eigenvalue weighted by atomic mass is 9.96. The van der Waals surface area contributed by atoms with E-state index in [-0.39, 0.29) is 12.5 Å². The average Bonchev–Trinajstić information content (AvgIpc) is 3.17. The average molecular weight is 445 g/mol. The first kappa shape index (κ1) is 20.6. The molecule has 0 radical (unpaired) electrons. The van der Waals surface area contributed by atoms with Gasteiger partial charge in [-0.05, 0) is 43.0 Å². The van der Waals surface area contributed by atoms with Gasteiger partial charge in [-0.1, -0.05) is 12.1 Å². The minimum atomic E-state index is -4.58. The summed E-state index contributed by atoms with van der Waals surface area (Å²) in [5.41, 5.74) is 2.80. The number of nitrogens with zero attached hydrogens (tertiary/aromatic N) is 4. The van der Waals surface area contributed by atoms with Crippen LogP contribution in [-0.2, 0) is 24.1 Å². The highest BCUT2D eigenvalue weighted by Crippen LogP contribution is 2.43. The molecule has 1 fully saturated rings. The molecule has 0 spiro atoms. The summed E-state index contributed by atoms with van der Waals surface area (Å²) in [6.45, 7) is 1.64. The van der Waals surface area contributed by atoms with Crippen molar-refractivity contribution in [3.05, 3.63) is 64.2 Å². The van der Waals surface area contributed by atoms with Crippen molar-refractivity contribution in [1.82, 2.24) is 24.9 Å². The molecule has 1 atom stereocenters. The van der Waals surface area contributed by atoms with Crippen LogP contribution in [0.5, 0.6) is 5.75 Å². The molecule has 1 aliphatic carbocycles. The van der Waals surface area contributed by atoms with Crippen LogP contribution < -0.4 is 4.74 Å². The van der Waals surface area contributed by atoms with Crippen molar-refractivity contribution >= 4 is 5.91 Å². The number of hydrogen-bond acceptors (Lipinski definition) is 4. The second kappa shape index (κ2) is 7.39. The normalized spacial score (nSPS) is 18.2. The maximum Gasteiger partial charge on any atom is 0.433 e. The SMILES string of the molecule is COc1cccc([C@@H]2c3cn[nH]c3CN2C(=O)Cn2nc(C3CC3)cc2C(F)(F)F)c1C. The number of aromatic amines is 1. The highest BCUT2D eigenvalue weighted by molar-refractivity contribution is 5.78. The number of H-pyrrole nitrogens is 1. The zero-order valence-corrected chi connectivity index (χ0v) is 17.6. The first-order chi connectivity index (χ1) is 15.3. The van der Waals surface area contributed by atoms with E-state index in [4.69, 9.17) is 4.74 Å². The van der Waals surface area contributed by atoms with Gasteiger partial charge in [-0.2, -0.15) is 23.4 Å². The number of carbonyl (C=O) groups excluding carboxylic acids is 1. The summed E-state index contributed by atoms with van der Waals surface area (Å²) in [5, 5.41) is 11.1. The van der Waals surface area contributed by atoms with E-state index >= 15 is 0 Å². The number of carbonyl (C=O) groups is 1. The van der Waals surface area contributed by atoms with Crippen LogP contribution in [0.15, 0.2) is 30.5 Å². The number of amides is 1. The second-order valence-electron chi connectivity index (χ2n) is 8.29. The summed E-state index contributed by atoms with van der Waals surface area (Å²) in [4.78, 5) is 14.9. The third kappa shape index (κ3) is 3.43. The van der Waals surface area contributed by atoms with E-state index in [0.717, 1.165) is 46.0 Å². The highest BCUT2D eigenvalue weighted by Gasteiger charge is 2.41. The van der Waals surface area contributed by atoms with Gasteiger partial charge >= 0.3 is 6.18 Å². The van der Waals surface area contributed by atoms with E-state index in [1.54, 1.807) is 18.2 Å². The zero-order valence-electron chi connectivity index (χ0n) is 17.6. The third-order valence-electron chi connectivity index (χ3n) is 6.22. The number of benzene rings is 1. The fraction of sp³-hybridized carbons (Fsp3) is 0.409. The zero-order chi connectivity index (χ0) is 22.6. The monoisotopic (exact) mass is 445 g/mol. The van der Waals surface area contributed by atoms with Gasteiger partial charge < -0.3 is 9.64 Å². The van der Waals surface area contributed by atoms with E-state index < -0.39 is 30.4 Å². The molecule has 2 aromatic heterocycles. The maximum absolute atomic E-state index is 13.6. The Morgan fingerprint density at radius 3 is 2.75 bits per heavy atom. The smallest absolute Gasteiger partial charge is 0.433 e. The van der Waals surface area contributed by atoms with Crippen molar-refractivity contribution in [2.24, 2.45) is 0 Å². The fourth-order valence-electron chi connectivity index (χ4n) is 4.41. The van der Waals surface area contributed by atoms with Crippen LogP contribution >= 0.6 is 0 Å². The number of fused-ring (bicyclic) bond motifs is 1. The number of aromatic nitrogens is 4. The first-order valence-electron chi connectivity index (χ1n) is 10.4. The summed E-state index contributed by atoms with van der Waals surface area (Å²) in [6, 6.07) is 6.16. The lowest BCUT2D eigenvalue weighted by Crippen LogP contribution is -2.35. The van der Waals surface area contributed by atoms with Gasteiger partial charge in [0.25, 0.3) is 0 Å². The molecule has 0 bridgehead atoms. The van der Waals surface area contributed by atoms with Crippen molar-refractivity contribution < 1.29 is 22.7 Å². The van der Waals surface area contributed by atoms with E-state index in [1.807, 2.05) is 25.1 Å². The van der Waals surface area contributed by atoms with Gasteiger partial charge in [-0.3, -0.25) is 14.6 Å². The van der Waals surface area contributed by atoms with Crippen molar-refractivity contribution in [2.75, 3.05) is 7.11 Å². The Balaban J connectivity index is 1.49. The van der Waals surface area contributed by atoms with Crippen LogP contribution in [0.1, 0.15) is 58.6 Å². The molecule has 5 rings (SSSR count). The van der Waals surface area contributed by atoms with Gasteiger partial charge in [-0.25, -0.2) is 0 Å². The summed E-state index contributed by atoms with van der Waals surface area (Å²) in [6.07, 6.45) is -1.27. The number of halogens is 3. The number of methoxy groups -OCH3 is 1. The number of rotatable bonds is 5. The van der Waals surface area contributed by atoms with Gasteiger partial charge in [-0.15, -0.1) is 0 Å². The molecule has 1 N–H and O–H groups in total. The van der Waals surface area contributed by atoms with Crippen molar-refractivity contribution in [3.63, 3.8) is 0 Å². The summed E-state index contributed by atoms with van der Waals surface area (Å²) in [5.74, 6) is 0.280. The third-order valence-corrected chi connectivity index (χ3v) is 6.22. The molecule has 0 saturated heterocycles. The molecule has 168 valence electrons. The fourth-order valence-corrected chi connectivity index (χ4v) is 4.41. The molecule has 1 saturated carbocycles. The molecule has 3 heterocycles. The van der Waals surface area contributed by atoms with Gasteiger partial charge in [0.2, 0.25) is 5.91 Å². The Labute approximate surface area is 182 Å². The molecule has 32 heavy (non-hydrogen) atoms. The Morgan fingerprint density at radius 1 is 1.28 bits per heavy atom. The summed E-state index contributed by atoms with van der Waals surface area (Å²) in [7, 11) is 1.57. The molecule has 1 aliphatic heterocycles.